The van der Waals surface area contributed by atoms with Gasteiger partial charge in [-0.2, -0.15) is 0 Å². The smallest absolute Gasteiger partial charge is 0.220 e. The predicted octanol–water partition coefficient (Wildman–Crippen LogP) is 4.26. The van der Waals surface area contributed by atoms with E-state index in [1.165, 1.54) is 22.1 Å². The molecule has 0 bridgehead atoms. The van der Waals surface area contributed by atoms with Crippen molar-refractivity contribution in [1.82, 2.24) is 15.2 Å². The number of aryl methyl sites for hydroxylation is 1. The number of fused-ring (bicyclic) bond motifs is 1. The quantitative estimate of drug-likeness (QED) is 0.628. The molecule has 0 radical (unpaired) electrons. The van der Waals surface area contributed by atoms with Crippen molar-refractivity contribution in [2.45, 2.75) is 45.8 Å². The Morgan fingerprint density at radius 3 is 2.52 bits per heavy atom. The number of rotatable bonds is 8. The van der Waals surface area contributed by atoms with Crippen molar-refractivity contribution in [1.29, 1.82) is 0 Å². The average molecular weight is 364 g/mol. The van der Waals surface area contributed by atoms with Crippen molar-refractivity contribution in [2.24, 2.45) is 0 Å². The van der Waals surface area contributed by atoms with Gasteiger partial charge in [-0.3, -0.25) is 9.69 Å². The van der Waals surface area contributed by atoms with Gasteiger partial charge in [0.1, 0.15) is 0 Å². The van der Waals surface area contributed by atoms with Gasteiger partial charge in [-0.1, -0.05) is 42.5 Å². The van der Waals surface area contributed by atoms with Crippen LogP contribution in [0.15, 0.2) is 54.7 Å². The lowest BCUT2D eigenvalue weighted by atomic mass is 10.1. The van der Waals surface area contributed by atoms with E-state index in [-0.39, 0.29) is 5.91 Å². The second-order valence-electron chi connectivity index (χ2n) is 7.41. The highest BCUT2D eigenvalue weighted by atomic mass is 16.1. The number of H-pyrrole nitrogens is 1. The summed E-state index contributed by atoms with van der Waals surface area (Å²) in [6.45, 7) is 5.85. The fraction of sp³-hybridized carbons (Fsp3) is 0.348. The Morgan fingerprint density at radius 1 is 1.04 bits per heavy atom. The summed E-state index contributed by atoms with van der Waals surface area (Å²) < 4.78 is 0. The van der Waals surface area contributed by atoms with Crippen molar-refractivity contribution in [3.05, 3.63) is 71.4 Å². The van der Waals surface area contributed by atoms with Crippen LogP contribution in [0.2, 0.25) is 0 Å². The van der Waals surface area contributed by atoms with E-state index in [0.29, 0.717) is 19.0 Å². The number of amides is 1. The third-order valence-electron chi connectivity index (χ3n) is 5.19. The number of aromatic amines is 1. The number of aromatic nitrogens is 1. The predicted molar refractivity (Wildman–Crippen MR) is 112 cm³/mol. The Morgan fingerprint density at radius 2 is 1.74 bits per heavy atom. The maximum absolute atomic E-state index is 12.4. The van der Waals surface area contributed by atoms with E-state index in [2.05, 4.69) is 66.4 Å². The molecule has 3 aromatic rings. The second-order valence-corrected chi connectivity index (χ2v) is 7.41. The van der Waals surface area contributed by atoms with Crippen molar-refractivity contribution < 1.29 is 4.79 Å². The van der Waals surface area contributed by atoms with Crippen LogP contribution in [0.1, 0.15) is 37.0 Å². The van der Waals surface area contributed by atoms with Crippen molar-refractivity contribution >= 4 is 16.8 Å². The molecular formula is C23H29N3O. The normalized spacial score (nSPS) is 11.4. The van der Waals surface area contributed by atoms with Gasteiger partial charge in [0.25, 0.3) is 0 Å². The minimum atomic E-state index is 0.0901. The van der Waals surface area contributed by atoms with Crippen molar-refractivity contribution in [3.63, 3.8) is 0 Å². The van der Waals surface area contributed by atoms with Crippen LogP contribution in [0.25, 0.3) is 10.9 Å². The number of benzene rings is 2. The number of nitrogens with one attached hydrogen (secondary N) is 2. The zero-order valence-corrected chi connectivity index (χ0v) is 16.5. The first-order valence-corrected chi connectivity index (χ1v) is 9.63. The molecule has 0 saturated heterocycles. The molecule has 0 unspecified atom stereocenters. The van der Waals surface area contributed by atoms with Crippen LogP contribution in [0.3, 0.4) is 0 Å². The first kappa shape index (κ1) is 19.2. The molecule has 4 heteroatoms. The maximum atomic E-state index is 12.4. The lowest BCUT2D eigenvalue weighted by Gasteiger charge is -2.22. The molecule has 142 valence electrons. The first-order valence-electron chi connectivity index (χ1n) is 9.63. The number of nitrogens with zero attached hydrogens (tertiary/aromatic N) is 1. The summed E-state index contributed by atoms with van der Waals surface area (Å²) in [4.78, 5) is 17.9. The minimum absolute atomic E-state index is 0.0901. The highest BCUT2D eigenvalue weighted by Gasteiger charge is 2.10. The Bertz CT molecular complexity index is 897. The highest BCUT2D eigenvalue weighted by molar-refractivity contribution is 5.84. The molecule has 1 aromatic heterocycles. The topological polar surface area (TPSA) is 48.1 Å². The zero-order chi connectivity index (χ0) is 19.2. The Balaban J connectivity index is 1.55. The highest BCUT2D eigenvalue weighted by Crippen LogP contribution is 2.19. The molecule has 0 aliphatic rings. The van der Waals surface area contributed by atoms with Crippen molar-refractivity contribution in [3.8, 4) is 0 Å². The van der Waals surface area contributed by atoms with Gasteiger partial charge in [-0.25, -0.2) is 0 Å². The molecule has 0 aliphatic heterocycles. The van der Waals surface area contributed by atoms with E-state index in [0.717, 1.165) is 18.5 Å². The van der Waals surface area contributed by atoms with E-state index in [1.54, 1.807) is 0 Å². The zero-order valence-electron chi connectivity index (χ0n) is 16.5. The number of carbonyl (C=O) groups excluding carboxylic acids is 1. The van der Waals surface area contributed by atoms with Gasteiger partial charge in [0.05, 0.1) is 0 Å². The summed E-state index contributed by atoms with van der Waals surface area (Å²) in [5.74, 6) is 0.0901. The molecule has 1 heterocycles. The number of hydrogen-bond acceptors (Lipinski definition) is 2. The number of para-hydroxylation sites is 1. The summed E-state index contributed by atoms with van der Waals surface area (Å²) >= 11 is 0. The van der Waals surface area contributed by atoms with Crippen LogP contribution in [0.4, 0.5) is 0 Å². The van der Waals surface area contributed by atoms with E-state index >= 15 is 0 Å². The molecule has 0 aliphatic carbocycles. The molecule has 0 spiro atoms. The first-order chi connectivity index (χ1) is 13.0. The fourth-order valence-corrected chi connectivity index (χ4v) is 3.20. The molecule has 4 nitrogen and oxygen atoms in total. The lowest BCUT2D eigenvalue weighted by Crippen LogP contribution is -2.27. The van der Waals surface area contributed by atoms with Gasteiger partial charge in [0, 0.05) is 42.7 Å². The molecular weight excluding hydrogens is 334 g/mol. The van der Waals surface area contributed by atoms with Crippen LogP contribution in [-0.2, 0) is 24.3 Å². The fourth-order valence-electron chi connectivity index (χ4n) is 3.20. The maximum Gasteiger partial charge on any atom is 0.220 e. The number of hydrogen-bond donors (Lipinski definition) is 2. The van der Waals surface area contributed by atoms with Crippen LogP contribution < -0.4 is 5.32 Å². The van der Waals surface area contributed by atoms with E-state index in [1.807, 2.05) is 24.4 Å². The average Bonchev–Trinajstić information content (AvgIpc) is 3.08. The standard InChI is InChI=1S/C23H29N3O/c1-17(2)26(3)16-20-9-5-4-8-18(20)14-25-23(27)13-12-19-15-24-22-11-7-6-10-21(19)22/h4-11,15,17,24H,12-14,16H2,1-3H3,(H,25,27). The van der Waals surface area contributed by atoms with E-state index in [9.17, 15) is 4.79 Å². The molecule has 1 amide bonds. The van der Waals surface area contributed by atoms with Crippen LogP contribution in [-0.4, -0.2) is 28.9 Å². The Hall–Kier alpha value is -2.59. The molecule has 0 saturated carbocycles. The van der Waals surface area contributed by atoms with Crippen LogP contribution in [0, 0.1) is 0 Å². The summed E-state index contributed by atoms with van der Waals surface area (Å²) in [5.41, 5.74) is 4.77. The third-order valence-corrected chi connectivity index (χ3v) is 5.19. The van der Waals surface area contributed by atoms with Gasteiger partial charge in [0.2, 0.25) is 5.91 Å². The Kier molecular flexibility index (Phi) is 6.30. The van der Waals surface area contributed by atoms with Gasteiger partial charge >= 0.3 is 0 Å². The molecule has 2 N–H and O–H groups in total. The summed E-state index contributed by atoms with van der Waals surface area (Å²) in [6.07, 6.45) is 3.25. The van der Waals surface area contributed by atoms with Gasteiger partial charge in [0.15, 0.2) is 0 Å². The monoisotopic (exact) mass is 363 g/mol. The summed E-state index contributed by atoms with van der Waals surface area (Å²) in [6, 6.07) is 17.0. The van der Waals surface area contributed by atoms with E-state index < -0.39 is 0 Å². The molecule has 0 fully saturated rings. The Labute approximate surface area is 161 Å². The largest absolute Gasteiger partial charge is 0.361 e. The van der Waals surface area contributed by atoms with Gasteiger partial charge in [-0.15, -0.1) is 0 Å². The molecule has 27 heavy (non-hydrogen) atoms. The molecule has 0 atom stereocenters. The lowest BCUT2D eigenvalue weighted by molar-refractivity contribution is -0.121. The van der Waals surface area contributed by atoms with Crippen molar-refractivity contribution in [2.75, 3.05) is 7.05 Å². The minimum Gasteiger partial charge on any atom is -0.361 e. The van der Waals surface area contributed by atoms with E-state index in [4.69, 9.17) is 0 Å². The van der Waals surface area contributed by atoms with Crippen LogP contribution in [0.5, 0.6) is 0 Å². The SMILES string of the molecule is CC(C)N(C)Cc1ccccc1CNC(=O)CCc1c[nH]c2ccccc12. The number of carbonyl (C=O) groups is 1. The van der Waals surface area contributed by atoms with Gasteiger partial charge in [-0.05, 0) is 50.1 Å². The third kappa shape index (κ3) is 4.98. The summed E-state index contributed by atoms with van der Waals surface area (Å²) in [7, 11) is 2.13. The molecule has 2 aromatic carbocycles. The van der Waals surface area contributed by atoms with Gasteiger partial charge < -0.3 is 10.3 Å². The summed E-state index contributed by atoms with van der Waals surface area (Å²) in [5, 5.41) is 4.29. The van der Waals surface area contributed by atoms with Crippen LogP contribution >= 0.6 is 0 Å². The second kappa shape index (κ2) is 8.87. The molecule has 3 rings (SSSR count).